The highest BCUT2D eigenvalue weighted by molar-refractivity contribution is 7.80. The van der Waals surface area contributed by atoms with Crippen molar-refractivity contribution in [1.82, 2.24) is 5.32 Å². The summed E-state index contributed by atoms with van der Waals surface area (Å²) in [5.41, 5.74) is -0.720. The van der Waals surface area contributed by atoms with Gasteiger partial charge in [-0.2, -0.15) is 0 Å². The molecule has 0 fully saturated rings. The van der Waals surface area contributed by atoms with Crippen molar-refractivity contribution in [3.63, 3.8) is 0 Å². The van der Waals surface area contributed by atoms with Gasteiger partial charge in [-0.15, -0.1) is 11.6 Å². The largest absolute Gasteiger partial charge is 0.340 e. The monoisotopic (exact) mass is 287 g/mol. The lowest BCUT2D eigenvalue weighted by molar-refractivity contribution is -0.121. The van der Waals surface area contributed by atoms with Crippen LogP contribution in [0.25, 0.3) is 0 Å². The van der Waals surface area contributed by atoms with Gasteiger partial charge < -0.3 is 14.4 Å². The molecule has 0 aliphatic rings. The van der Waals surface area contributed by atoms with Gasteiger partial charge in [0, 0.05) is 12.3 Å². The van der Waals surface area contributed by atoms with E-state index in [9.17, 15) is 13.9 Å². The Balaban J connectivity index is 4.66. The van der Waals surface area contributed by atoms with Crippen LogP contribution in [0, 0.1) is 0 Å². The van der Waals surface area contributed by atoms with E-state index in [1.54, 1.807) is 26.7 Å². The average Bonchev–Trinajstić information content (AvgIpc) is 2.07. The number of halogens is 1. The summed E-state index contributed by atoms with van der Waals surface area (Å²) in [6.07, 6.45) is 0.843. The van der Waals surface area contributed by atoms with Gasteiger partial charge >= 0.3 is 0 Å². The zero-order chi connectivity index (χ0) is 13.0. The molecule has 0 saturated carbocycles. The Labute approximate surface area is 102 Å². The van der Waals surface area contributed by atoms with Crippen LogP contribution in [0.2, 0.25) is 0 Å². The predicted molar refractivity (Wildman–Crippen MR) is 70.8 cm³/mol. The first kappa shape index (κ1) is 16.2. The van der Waals surface area contributed by atoms with Crippen LogP contribution in [0.5, 0.6) is 0 Å². The Bertz CT molecular complexity index is 312. The summed E-state index contributed by atoms with van der Waals surface area (Å²) in [4.78, 5) is 11.5. The van der Waals surface area contributed by atoms with Crippen molar-refractivity contribution < 1.29 is 13.9 Å². The van der Waals surface area contributed by atoms with Gasteiger partial charge in [0.25, 0.3) is 0 Å². The van der Waals surface area contributed by atoms with Crippen molar-refractivity contribution in [1.29, 1.82) is 0 Å². The van der Waals surface area contributed by atoms with Crippen molar-refractivity contribution in [2.24, 2.45) is 0 Å². The summed E-state index contributed by atoms with van der Waals surface area (Å²) in [6.45, 7) is 6.16. The van der Waals surface area contributed by atoms with Crippen LogP contribution in [0.3, 0.4) is 0 Å². The Kier molecular flexibility index (Phi) is 6.32. The molecule has 16 heavy (non-hydrogen) atoms. The summed E-state index contributed by atoms with van der Waals surface area (Å²) >= 11 is 5.47. The fraction of sp³-hybridized carbons (Fsp3) is 0.889. The molecule has 0 radical (unpaired) electrons. The molecule has 0 aliphatic heterocycles. The SMILES string of the molecule is CP(C)(=O)C(NC(=O)CCCCl)P(C)(C)=O. The molecule has 0 rings (SSSR count). The maximum Gasteiger partial charge on any atom is 0.220 e. The molecule has 0 atom stereocenters. The highest BCUT2D eigenvalue weighted by Crippen LogP contribution is 2.59. The van der Waals surface area contributed by atoms with Gasteiger partial charge in [-0.1, -0.05) is 0 Å². The molecule has 96 valence electrons. The van der Waals surface area contributed by atoms with Crippen LogP contribution >= 0.6 is 25.9 Å². The van der Waals surface area contributed by atoms with Crippen molar-refractivity contribution in [2.45, 2.75) is 18.4 Å². The van der Waals surface area contributed by atoms with Crippen molar-refractivity contribution in [3.8, 4) is 0 Å². The molecule has 0 aromatic rings. The number of rotatable bonds is 6. The summed E-state index contributed by atoms with van der Waals surface area (Å²) in [5, 5.41) is 2.61. The maximum absolute atomic E-state index is 12.0. The van der Waals surface area contributed by atoms with Crippen LogP contribution in [0.4, 0.5) is 0 Å². The van der Waals surface area contributed by atoms with Gasteiger partial charge in [0.2, 0.25) is 5.91 Å². The lowest BCUT2D eigenvalue weighted by atomic mass is 10.3. The fourth-order valence-electron chi connectivity index (χ4n) is 1.42. The third-order valence-electron chi connectivity index (χ3n) is 2.01. The lowest BCUT2D eigenvalue weighted by Crippen LogP contribution is -2.34. The minimum Gasteiger partial charge on any atom is -0.340 e. The van der Waals surface area contributed by atoms with E-state index in [1.165, 1.54) is 0 Å². The number of nitrogens with one attached hydrogen (secondary N) is 1. The first-order valence-electron chi connectivity index (χ1n) is 5.03. The summed E-state index contributed by atoms with van der Waals surface area (Å²) < 4.78 is 23.9. The Morgan fingerprint density at radius 2 is 1.62 bits per heavy atom. The van der Waals surface area contributed by atoms with Gasteiger partial charge in [-0.25, -0.2) is 0 Å². The Morgan fingerprint density at radius 1 is 1.19 bits per heavy atom. The second kappa shape index (κ2) is 6.23. The van der Waals surface area contributed by atoms with Gasteiger partial charge in [0.05, 0.1) is 0 Å². The molecule has 0 saturated heterocycles. The zero-order valence-corrected chi connectivity index (χ0v) is 12.7. The third-order valence-corrected chi connectivity index (χ3v) is 8.22. The second-order valence-electron chi connectivity index (χ2n) is 4.60. The van der Waals surface area contributed by atoms with Crippen LogP contribution in [-0.2, 0) is 13.9 Å². The van der Waals surface area contributed by atoms with E-state index in [0.29, 0.717) is 12.3 Å². The van der Waals surface area contributed by atoms with Crippen molar-refractivity contribution in [3.05, 3.63) is 0 Å². The molecule has 1 N–H and O–H groups in total. The zero-order valence-electron chi connectivity index (χ0n) is 10.2. The molecule has 7 heteroatoms. The van der Waals surface area contributed by atoms with Crippen LogP contribution in [0.1, 0.15) is 12.8 Å². The first-order valence-corrected chi connectivity index (χ1v) is 10.9. The molecule has 1 amide bonds. The van der Waals surface area contributed by atoms with Crippen LogP contribution < -0.4 is 5.32 Å². The Morgan fingerprint density at radius 3 is 1.94 bits per heavy atom. The molecule has 0 aliphatic carbocycles. The molecular formula is C9H20ClNO3P2. The van der Waals surface area contributed by atoms with Gasteiger partial charge in [-0.05, 0) is 33.1 Å². The van der Waals surface area contributed by atoms with Gasteiger partial charge in [0.15, 0.2) is 0 Å². The van der Waals surface area contributed by atoms with E-state index in [1.807, 2.05) is 0 Å². The highest BCUT2D eigenvalue weighted by atomic mass is 35.5. The smallest absolute Gasteiger partial charge is 0.220 e. The molecule has 0 heterocycles. The van der Waals surface area contributed by atoms with Crippen molar-refractivity contribution in [2.75, 3.05) is 32.5 Å². The van der Waals surface area contributed by atoms with Gasteiger partial charge in [-0.3, -0.25) is 4.79 Å². The molecule has 0 aromatic heterocycles. The van der Waals surface area contributed by atoms with E-state index >= 15 is 0 Å². The van der Waals surface area contributed by atoms with E-state index in [0.717, 1.165) is 0 Å². The van der Waals surface area contributed by atoms with Gasteiger partial charge in [0.1, 0.15) is 19.8 Å². The molecule has 0 unspecified atom stereocenters. The summed E-state index contributed by atoms with van der Waals surface area (Å²) in [6, 6.07) is 0. The minimum absolute atomic E-state index is 0.237. The van der Waals surface area contributed by atoms with Crippen LogP contribution in [-0.4, -0.2) is 44.0 Å². The normalized spacial score (nSPS) is 12.9. The molecule has 4 nitrogen and oxygen atoms in total. The maximum atomic E-state index is 12.0. The molecular weight excluding hydrogens is 268 g/mol. The number of carbonyl (C=O) groups excluding carboxylic acids is 1. The lowest BCUT2D eigenvalue weighted by Gasteiger charge is -2.26. The Hall–Kier alpha value is 0.220. The summed E-state index contributed by atoms with van der Waals surface area (Å²) in [5.74, 6) is 0.169. The van der Waals surface area contributed by atoms with Crippen LogP contribution in [0.15, 0.2) is 0 Å². The number of carbonyl (C=O) groups is 1. The average molecular weight is 288 g/mol. The summed E-state index contributed by atoms with van der Waals surface area (Å²) in [7, 11) is -5.22. The molecule has 0 aromatic carbocycles. The molecule has 0 bridgehead atoms. The van der Waals surface area contributed by atoms with E-state index < -0.39 is 19.8 Å². The third kappa shape index (κ3) is 6.08. The number of hydrogen-bond donors (Lipinski definition) is 1. The predicted octanol–water partition coefficient (Wildman–Crippen LogP) is 2.65. The number of alkyl halides is 1. The van der Waals surface area contributed by atoms with Crippen molar-refractivity contribution >= 4 is 31.8 Å². The van der Waals surface area contributed by atoms with E-state index in [-0.39, 0.29) is 12.3 Å². The minimum atomic E-state index is -2.61. The topological polar surface area (TPSA) is 63.2 Å². The van der Waals surface area contributed by atoms with E-state index in [4.69, 9.17) is 11.6 Å². The standard InChI is InChI=1S/C9H20ClNO3P2/c1-15(2,13)9(16(3,4)14)11-8(12)6-5-7-10/h9H,5-7H2,1-4H3,(H,11,12). The quantitative estimate of drug-likeness (QED) is 0.603. The van der Waals surface area contributed by atoms with E-state index in [2.05, 4.69) is 5.32 Å². The fourth-order valence-corrected chi connectivity index (χ4v) is 7.83. The second-order valence-corrected chi connectivity index (χ2v) is 12.2. The molecule has 0 spiro atoms. The highest BCUT2D eigenvalue weighted by Gasteiger charge is 2.34. The number of amides is 1. The first-order chi connectivity index (χ1) is 7.09. The number of hydrogen-bond acceptors (Lipinski definition) is 3.